The number of nitrogens with zero attached hydrogens (tertiary/aromatic N) is 3. The number of hydrogen-bond acceptors (Lipinski definition) is 6. The van der Waals surface area contributed by atoms with E-state index in [1.165, 1.54) is 18.5 Å². The maximum absolute atomic E-state index is 12.9. The van der Waals surface area contributed by atoms with E-state index >= 15 is 0 Å². The minimum Gasteiger partial charge on any atom is -0.395 e. The Morgan fingerprint density at radius 2 is 2.00 bits per heavy atom. The van der Waals surface area contributed by atoms with Gasteiger partial charge in [0.1, 0.15) is 11.3 Å². The minimum absolute atomic E-state index is 0.0251. The summed E-state index contributed by atoms with van der Waals surface area (Å²) in [6, 6.07) is 5.94. The van der Waals surface area contributed by atoms with Gasteiger partial charge in [0.05, 0.1) is 12.9 Å². The molecular formula is C13H13FN6O. The van der Waals surface area contributed by atoms with Crippen molar-refractivity contribution in [1.29, 1.82) is 0 Å². The van der Waals surface area contributed by atoms with Gasteiger partial charge in [-0.25, -0.2) is 9.37 Å². The molecule has 0 atom stereocenters. The van der Waals surface area contributed by atoms with Crippen molar-refractivity contribution in [3.05, 3.63) is 36.4 Å². The van der Waals surface area contributed by atoms with Crippen molar-refractivity contribution in [2.24, 2.45) is 0 Å². The number of fused-ring (bicyclic) bond motifs is 1. The number of imidazole rings is 1. The molecule has 7 nitrogen and oxygen atoms in total. The fourth-order valence-corrected chi connectivity index (χ4v) is 1.84. The highest BCUT2D eigenvalue weighted by atomic mass is 19.1. The maximum Gasteiger partial charge on any atom is 0.226 e. The van der Waals surface area contributed by atoms with Crippen LogP contribution in [0.4, 0.5) is 21.8 Å². The van der Waals surface area contributed by atoms with Crippen LogP contribution in [0.2, 0.25) is 0 Å². The zero-order chi connectivity index (χ0) is 14.7. The van der Waals surface area contributed by atoms with Gasteiger partial charge in [0.15, 0.2) is 11.5 Å². The SMILES string of the molecule is OCCNc1nc(Nc2ccc(F)cc2)c2[nH]cnc2n1. The number of hydrogen-bond donors (Lipinski definition) is 4. The van der Waals surface area contributed by atoms with Gasteiger partial charge in [-0.15, -0.1) is 0 Å². The van der Waals surface area contributed by atoms with Crippen LogP contribution < -0.4 is 10.6 Å². The molecule has 1 aromatic carbocycles. The monoisotopic (exact) mass is 288 g/mol. The van der Waals surface area contributed by atoms with E-state index < -0.39 is 0 Å². The highest BCUT2D eigenvalue weighted by molar-refractivity contribution is 5.85. The van der Waals surface area contributed by atoms with Crippen LogP contribution in [0, 0.1) is 5.82 Å². The van der Waals surface area contributed by atoms with E-state index in [0.29, 0.717) is 35.2 Å². The summed E-state index contributed by atoms with van der Waals surface area (Å²) < 4.78 is 12.9. The van der Waals surface area contributed by atoms with Gasteiger partial charge in [-0.1, -0.05) is 0 Å². The van der Waals surface area contributed by atoms with Crippen LogP contribution in [-0.4, -0.2) is 38.2 Å². The summed E-state index contributed by atoms with van der Waals surface area (Å²) in [6.45, 7) is 0.314. The predicted octanol–water partition coefficient (Wildman–Crippen LogP) is 1.64. The molecule has 0 saturated carbocycles. The van der Waals surface area contributed by atoms with E-state index in [1.807, 2.05) is 0 Å². The third kappa shape index (κ3) is 2.90. The lowest BCUT2D eigenvalue weighted by Crippen LogP contribution is -2.10. The number of rotatable bonds is 5. The fourth-order valence-electron chi connectivity index (χ4n) is 1.84. The zero-order valence-electron chi connectivity index (χ0n) is 11.0. The summed E-state index contributed by atoms with van der Waals surface area (Å²) in [7, 11) is 0. The van der Waals surface area contributed by atoms with E-state index in [2.05, 4.69) is 30.6 Å². The zero-order valence-corrected chi connectivity index (χ0v) is 11.0. The first-order chi connectivity index (χ1) is 10.3. The number of H-pyrrole nitrogens is 1. The highest BCUT2D eigenvalue weighted by Crippen LogP contribution is 2.22. The second-order valence-corrected chi connectivity index (χ2v) is 4.28. The number of benzene rings is 1. The van der Waals surface area contributed by atoms with Crippen molar-refractivity contribution in [2.45, 2.75) is 0 Å². The van der Waals surface area contributed by atoms with Gasteiger partial charge >= 0.3 is 0 Å². The molecule has 0 saturated heterocycles. The number of aliphatic hydroxyl groups is 1. The molecule has 8 heteroatoms. The normalized spacial score (nSPS) is 10.8. The highest BCUT2D eigenvalue weighted by Gasteiger charge is 2.10. The molecule has 0 spiro atoms. The third-order valence-electron chi connectivity index (χ3n) is 2.79. The molecule has 3 rings (SSSR count). The quantitative estimate of drug-likeness (QED) is 0.569. The number of anilines is 3. The molecule has 0 bridgehead atoms. The van der Waals surface area contributed by atoms with Crippen molar-refractivity contribution < 1.29 is 9.50 Å². The first kappa shape index (κ1) is 13.3. The average molecular weight is 288 g/mol. The molecule has 21 heavy (non-hydrogen) atoms. The lowest BCUT2D eigenvalue weighted by atomic mass is 10.3. The molecule has 0 fully saturated rings. The molecule has 0 amide bonds. The van der Waals surface area contributed by atoms with Crippen LogP contribution in [0.5, 0.6) is 0 Å². The molecule has 0 aliphatic rings. The standard InChI is InChI=1S/C13H13FN6O/c14-8-1-3-9(4-2-8)18-12-10-11(17-7-16-10)19-13(20-12)15-5-6-21/h1-4,7,21H,5-6H2,(H3,15,16,17,18,19,20). The van der Waals surface area contributed by atoms with E-state index in [-0.39, 0.29) is 12.4 Å². The molecule has 3 aromatic rings. The van der Waals surface area contributed by atoms with Crippen LogP contribution in [-0.2, 0) is 0 Å². The van der Waals surface area contributed by atoms with Gasteiger partial charge < -0.3 is 20.7 Å². The van der Waals surface area contributed by atoms with Crippen LogP contribution in [0.25, 0.3) is 11.2 Å². The van der Waals surface area contributed by atoms with E-state index in [1.54, 1.807) is 12.1 Å². The number of nitrogens with one attached hydrogen (secondary N) is 3. The van der Waals surface area contributed by atoms with E-state index in [9.17, 15) is 4.39 Å². The average Bonchev–Trinajstić information content (AvgIpc) is 2.96. The number of halogens is 1. The Bertz CT molecular complexity index is 742. The van der Waals surface area contributed by atoms with Gasteiger partial charge in [-0.3, -0.25) is 0 Å². The Hall–Kier alpha value is -2.74. The fraction of sp³-hybridized carbons (Fsp3) is 0.154. The lowest BCUT2D eigenvalue weighted by molar-refractivity contribution is 0.311. The maximum atomic E-state index is 12.9. The third-order valence-corrected chi connectivity index (χ3v) is 2.79. The first-order valence-corrected chi connectivity index (χ1v) is 6.35. The van der Waals surface area contributed by atoms with Crippen molar-refractivity contribution in [3.63, 3.8) is 0 Å². The second-order valence-electron chi connectivity index (χ2n) is 4.28. The molecular weight excluding hydrogens is 275 g/mol. The molecule has 2 heterocycles. The number of aliphatic hydroxyl groups excluding tert-OH is 1. The van der Waals surface area contributed by atoms with Crippen LogP contribution in [0.1, 0.15) is 0 Å². The van der Waals surface area contributed by atoms with Crippen molar-refractivity contribution in [1.82, 2.24) is 19.9 Å². The van der Waals surface area contributed by atoms with Crippen LogP contribution in [0.15, 0.2) is 30.6 Å². The summed E-state index contributed by atoms with van der Waals surface area (Å²) in [5, 5.41) is 14.8. The summed E-state index contributed by atoms with van der Waals surface area (Å²) in [4.78, 5) is 15.6. The summed E-state index contributed by atoms with van der Waals surface area (Å²) >= 11 is 0. The van der Waals surface area contributed by atoms with Gasteiger partial charge in [0.25, 0.3) is 0 Å². The Morgan fingerprint density at radius 1 is 1.19 bits per heavy atom. The van der Waals surface area contributed by atoms with Crippen molar-refractivity contribution in [2.75, 3.05) is 23.8 Å². The molecule has 108 valence electrons. The van der Waals surface area contributed by atoms with Crippen molar-refractivity contribution in [3.8, 4) is 0 Å². The smallest absolute Gasteiger partial charge is 0.226 e. The Kier molecular flexibility index (Phi) is 3.61. The first-order valence-electron chi connectivity index (χ1n) is 6.35. The van der Waals surface area contributed by atoms with Gasteiger partial charge in [-0.2, -0.15) is 9.97 Å². The molecule has 0 radical (unpaired) electrons. The Balaban J connectivity index is 1.95. The van der Waals surface area contributed by atoms with Crippen LogP contribution in [0.3, 0.4) is 0 Å². The van der Waals surface area contributed by atoms with E-state index in [4.69, 9.17) is 5.11 Å². The van der Waals surface area contributed by atoms with Gasteiger partial charge in [0, 0.05) is 12.2 Å². The summed E-state index contributed by atoms with van der Waals surface area (Å²) in [6.07, 6.45) is 1.52. The molecule has 4 N–H and O–H groups in total. The summed E-state index contributed by atoms with van der Waals surface area (Å²) in [5.41, 5.74) is 1.84. The topological polar surface area (TPSA) is 98.8 Å². The van der Waals surface area contributed by atoms with E-state index in [0.717, 1.165) is 0 Å². The Labute approximate surface area is 119 Å². The van der Waals surface area contributed by atoms with Crippen molar-refractivity contribution >= 4 is 28.6 Å². The molecule has 2 aromatic heterocycles. The molecule has 0 aliphatic carbocycles. The Morgan fingerprint density at radius 3 is 2.76 bits per heavy atom. The van der Waals surface area contributed by atoms with Crippen LogP contribution >= 0.6 is 0 Å². The minimum atomic E-state index is -0.305. The largest absolute Gasteiger partial charge is 0.395 e. The molecule has 0 aliphatic heterocycles. The number of aromatic nitrogens is 4. The summed E-state index contributed by atoms with van der Waals surface area (Å²) in [5.74, 6) is 0.568. The predicted molar refractivity (Wildman–Crippen MR) is 76.9 cm³/mol. The molecule has 0 unspecified atom stereocenters. The number of aromatic amines is 1. The lowest BCUT2D eigenvalue weighted by Gasteiger charge is -2.09. The van der Waals surface area contributed by atoms with Gasteiger partial charge in [0.2, 0.25) is 5.95 Å². The van der Waals surface area contributed by atoms with Gasteiger partial charge in [-0.05, 0) is 24.3 Å². The second kappa shape index (κ2) is 5.71.